The molecule has 0 fully saturated rings. The average Bonchev–Trinajstić information content (AvgIpc) is 3.24. The van der Waals surface area contributed by atoms with E-state index < -0.39 is 17.8 Å². The van der Waals surface area contributed by atoms with Crippen LogP contribution in [0.15, 0.2) is 60.9 Å². The number of halogens is 3. The molecule has 0 amide bonds. The van der Waals surface area contributed by atoms with E-state index in [1.54, 1.807) is 10.8 Å². The van der Waals surface area contributed by atoms with Crippen molar-refractivity contribution in [2.24, 2.45) is 0 Å². The van der Waals surface area contributed by atoms with Crippen molar-refractivity contribution in [3.63, 3.8) is 0 Å². The molecule has 7 nitrogen and oxygen atoms in total. The molecule has 35 heavy (non-hydrogen) atoms. The Morgan fingerprint density at radius 1 is 0.971 bits per heavy atom. The third-order valence-corrected chi connectivity index (χ3v) is 5.40. The molecule has 0 radical (unpaired) electrons. The summed E-state index contributed by atoms with van der Waals surface area (Å²) in [6, 6.07) is 14.3. The van der Waals surface area contributed by atoms with Gasteiger partial charge in [0.1, 0.15) is 17.7 Å². The van der Waals surface area contributed by atoms with E-state index in [1.165, 1.54) is 32.6 Å². The lowest BCUT2D eigenvalue weighted by Crippen LogP contribution is -2.11. The number of benzene rings is 2. The van der Waals surface area contributed by atoms with Gasteiger partial charge in [-0.1, -0.05) is 42.5 Å². The number of ether oxygens (including phenoxy) is 3. The summed E-state index contributed by atoms with van der Waals surface area (Å²) < 4.78 is 56.9. The van der Waals surface area contributed by atoms with E-state index in [0.29, 0.717) is 28.9 Å². The first kappa shape index (κ1) is 24.1. The summed E-state index contributed by atoms with van der Waals surface area (Å²) in [5.41, 5.74) is 1.79. The first-order chi connectivity index (χ1) is 16.8. The highest BCUT2D eigenvalue weighted by molar-refractivity contribution is 5.89. The predicted molar refractivity (Wildman–Crippen MR) is 124 cm³/mol. The standard InChI is InChI=1S/C25H23F3N4O3/c1-16(18-9-11-19(12-10-18)25(26,27)28)32-22-21(23(33-2)30-24(29-22)34-3)20(31-32)13-14-35-15-17-7-5-4-6-8-17/h4-14,16H,15H2,1-3H3/b14-13+/t16-/m0/s1. The monoisotopic (exact) mass is 484 g/mol. The maximum absolute atomic E-state index is 13.0. The molecular formula is C25H23F3N4O3. The Morgan fingerprint density at radius 2 is 1.69 bits per heavy atom. The van der Waals surface area contributed by atoms with Crippen LogP contribution in [0.5, 0.6) is 11.9 Å². The normalized spacial score (nSPS) is 12.7. The van der Waals surface area contributed by atoms with Gasteiger partial charge in [-0.2, -0.15) is 28.2 Å². The van der Waals surface area contributed by atoms with Crippen LogP contribution in [0.2, 0.25) is 0 Å². The van der Waals surface area contributed by atoms with Crippen LogP contribution in [-0.2, 0) is 17.5 Å². The van der Waals surface area contributed by atoms with Gasteiger partial charge in [-0.15, -0.1) is 0 Å². The summed E-state index contributed by atoms with van der Waals surface area (Å²) in [7, 11) is 2.90. The fraction of sp³-hybridized carbons (Fsp3) is 0.240. The number of hydrogen-bond acceptors (Lipinski definition) is 6. The Bertz CT molecular complexity index is 1320. The first-order valence-electron chi connectivity index (χ1n) is 10.7. The van der Waals surface area contributed by atoms with Crippen LogP contribution in [0.1, 0.15) is 35.3 Å². The second-order valence-corrected chi connectivity index (χ2v) is 7.64. The van der Waals surface area contributed by atoms with Crippen molar-refractivity contribution in [3.8, 4) is 11.9 Å². The van der Waals surface area contributed by atoms with Gasteiger partial charge in [-0.05, 0) is 30.2 Å². The fourth-order valence-electron chi connectivity index (χ4n) is 3.56. The van der Waals surface area contributed by atoms with Gasteiger partial charge in [-0.25, -0.2) is 4.68 Å². The van der Waals surface area contributed by atoms with Crippen LogP contribution < -0.4 is 9.47 Å². The Labute approximate surface area is 199 Å². The van der Waals surface area contributed by atoms with Gasteiger partial charge in [-0.3, -0.25) is 0 Å². The Hall–Kier alpha value is -4.08. The third kappa shape index (κ3) is 5.21. The fourth-order valence-corrected chi connectivity index (χ4v) is 3.56. The van der Waals surface area contributed by atoms with Crippen LogP contribution in [-0.4, -0.2) is 34.0 Å². The van der Waals surface area contributed by atoms with Crippen molar-refractivity contribution >= 4 is 17.1 Å². The molecule has 0 saturated heterocycles. The second kappa shape index (κ2) is 10.0. The molecule has 2 aromatic heterocycles. The van der Waals surface area contributed by atoms with E-state index in [0.717, 1.165) is 17.7 Å². The Balaban J connectivity index is 1.71. The Morgan fingerprint density at radius 3 is 2.31 bits per heavy atom. The molecule has 1 atom stereocenters. The summed E-state index contributed by atoms with van der Waals surface area (Å²) >= 11 is 0. The molecule has 0 N–H and O–H groups in total. The number of aromatic nitrogens is 4. The first-order valence-corrected chi connectivity index (χ1v) is 10.7. The maximum atomic E-state index is 13.0. The van der Waals surface area contributed by atoms with Crippen LogP contribution in [0.4, 0.5) is 13.2 Å². The third-order valence-electron chi connectivity index (χ3n) is 5.40. The van der Waals surface area contributed by atoms with Crippen molar-refractivity contribution in [2.75, 3.05) is 14.2 Å². The van der Waals surface area contributed by atoms with E-state index in [4.69, 9.17) is 14.2 Å². The van der Waals surface area contributed by atoms with Crippen molar-refractivity contribution in [3.05, 3.63) is 83.2 Å². The van der Waals surface area contributed by atoms with Gasteiger partial charge in [0.15, 0.2) is 5.65 Å². The smallest absolute Gasteiger partial charge is 0.416 e. The number of alkyl halides is 3. The van der Waals surface area contributed by atoms with E-state index in [9.17, 15) is 13.2 Å². The SMILES string of the molecule is COc1nc(OC)c2c(/C=C/OCc3ccccc3)nn([C@@H](C)c3ccc(C(F)(F)F)cc3)c2n1. The van der Waals surface area contributed by atoms with Gasteiger partial charge in [0.25, 0.3) is 0 Å². The van der Waals surface area contributed by atoms with Gasteiger partial charge >= 0.3 is 12.2 Å². The quantitative estimate of drug-likeness (QED) is 0.301. The summed E-state index contributed by atoms with van der Waals surface area (Å²) in [5, 5.41) is 5.17. The predicted octanol–water partition coefficient (Wildman–Crippen LogP) is 5.66. The highest BCUT2D eigenvalue weighted by Crippen LogP contribution is 2.34. The van der Waals surface area contributed by atoms with Gasteiger partial charge < -0.3 is 14.2 Å². The van der Waals surface area contributed by atoms with Crippen LogP contribution >= 0.6 is 0 Å². The summed E-state index contributed by atoms with van der Waals surface area (Å²) in [5.74, 6) is 0.250. The molecule has 0 bridgehead atoms. The molecule has 0 aliphatic heterocycles. The molecular weight excluding hydrogens is 461 g/mol. The Kier molecular flexibility index (Phi) is 6.90. The van der Waals surface area contributed by atoms with Crippen LogP contribution in [0.25, 0.3) is 17.1 Å². The molecule has 0 saturated carbocycles. The minimum absolute atomic E-state index is 0.0750. The molecule has 2 aromatic carbocycles. The van der Waals surface area contributed by atoms with Gasteiger partial charge in [0, 0.05) is 6.08 Å². The zero-order valence-electron chi connectivity index (χ0n) is 19.3. The van der Waals surface area contributed by atoms with E-state index in [2.05, 4.69) is 15.1 Å². The van der Waals surface area contributed by atoms with Crippen LogP contribution in [0.3, 0.4) is 0 Å². The van der Waals surface area contributed by atoms with Crippen molar-refractivity contribution in [1.29, 1.82) is 0 Å². The van der Waals surface area contributed by atoms with E-state index >= 15 is 0 Å². The summed E-state index contributed by atoms with van der Waals surface area (Å²) in [4.78, 5) is 8.68. The number of hydrogen-bond donors (Lipinski definition) is 0. The molecule has 0 aliphatic carbocycles. The van der Waals surface area contributed by atoms with Crippen LogP contribution in [0, 0.1) is 0 Å². The number of rotatable bonds is 8. The average molecular weight is 484 g/mol. The molecule has 10 heteroatoms. The zero-order valence-corrected chi connectivity index (χ0v) is 19.3. The van der Waals surface area contributed by atoms with Crippen molar-refractivity contribution in [1.82, 2.24) is 19.7 Å². The minimum atomic E-state index is -4.41. The largest absolute Gasteiger partial charge is 0.496 e. The van der Waals surface area contributed by atoms with E-state index in [-0.39, 0.29) is 11.9 Å². The number of methoxy groups -OCH3 is 2. The van der Waals surface area contributed by atoms with Gasteiger partial charge in [0.05, 0.1) is 32.1 Å². The lowest BCUT2D eigenvalue weighted by atomic mass is 10.1. The molecule has 4 rings (SSSR count). The molecule has 0 aliphatic rings. The van der Waals surface area contributed by atoms with E-state index in [1.807, 2.05) is 37.3 Å². The lowest BCUT2D eigenvalue weighted by Gasteiger charge is -2.15. The summed E-state index contributed by atoms with van der Waals surface area (Å²) in [6.45, 7) is 2.19. The van der Waals surface area contributed by atoms with Crippen molar-refractivity contribution in [2.45, 2.75) is 25.7 Å². The highest BCUT2D eigenvalue weighted by atomic mass is 19.4. The lowest BCUT2D eigenvalue weighted by molar-refractivity contribution is -0.137. The number of nitrogens with zero attached hydrogens (tertiary/aromatic N) is 4. The molecule has 0 unspecified atom stereocenters. The molecule has 0 spiro atoms. The number of fused-ring (bicyclic) bond motifs is 1. The molecule has 182 valence electrons. The van der Waals surface area contributed by atoms with Crippen molar-refractivity contribution < 1.29 is 27.4 Å². The highest BCUT2D eigenvalue weighted by Gasteiger charge is 2.30. The summed E-state index contributed by atoms with van der Waals surface area (Å²) in [6.07, 6.45) is -1.23. The second-order valence-electron chi connectivity index (χ2n) is 7.64. The van der Waals surface area contributed by atoms with Gasteiger partial charge in [0.2, 0.25) is 5.88 Å². The maximum Gasteiger partial charge on any atom is 0.416 e. The topological polar surface area (TPSA) is 71.3 Å². The molecule has 4 aromatic rings. The molecule has 2 heterocycles. The zero-order chi connectivity index (χ0) is 25.0. The minimum Gasteiger partial charge on any atom is -0.496 e.